The summed E-state index contributed by atoms with van der Waals surface area (Å²) < 4.78 is 11.3. The van der Waals surface area contributed by atoms with Crippen LogP contribution in [0.15, 0.2) is 12.3 Å². The first-order chi connectivity index (χ1) is 8.81. The molecule has 2 aliphatic rings. The summed E-state index contributed by atoms with van der Waals surface area (Å²) in [5.74, 6) is 1.56. The van der Waals surface area contributed by atoms with Crippen molar-refractivity contribution in [3.05, 3.63) is 12.3 Å². The third kappa shape index (κ3) is 4.31. The van der Waals surface area contributed by atoms with Crippen LogP contribution in [0.3, 0.4) is 0 Å². The van der Waals surface area contributed by atoms with Gasteiger partial charge in [-0.2, -0.15) is 0 Å². The number of hydrogen-bond acceptors (Lipinski definition) is 2. The second-order valence-electron chi connectivity index (χ2n) is 5.81. The van der Waals surface area contributed by atoms with Gasteiger partial charge in [-0.15, -0.1) is 0 Å². The van der Waals surface area contributed by atoms with Crippen molar-refractivity contribution >= 4 is 0 Å². The predicted octanol–water partition coefficient (Wildman–Crippen LogP) is 4.44. The maximum atomic E-state index is 5.80. The van der Waals surface area contributed by atoms with E-state index in [1.165, 1.54) is 51.4 Å². The van der Waals surface area contributed by atoms with Crippen LogP contribution in [-0.4, -0.2) is 18.8 Å². The molecule has 0 spiro atoms. The van der Waals surface area contributed by atoms with Crippen LogP contribution < -0.4 is 0 Å². The molecule has 2 heteroatoms. The molecule has 0 radical (unpaired) electrons. The lowest BCUT2D eigenvalue weighted by molar-refractivity contribution is 0.161. The van der Waals surface area contributed by atoms with E-state index in [4.69, 9.17) is 9.47 Å². The van der Waals surface area contributed by atoms with Crippen LogP contribution in [-0.2, 0) is 9.47 Å². The Morgan fingerprint density at radius 3 is 2.67 bits per heavy atom. The summed E-state index contributed by atoms with van der Waals surface area (Å²) in [5, 5.41) is 0. The molecule has 1 heterocycles. The van der Waals surface area contributed by atoms with Crippen LogP contribution in [0.25, 0.3) is 0 Å². The Morgan fingerprint density at radius 2 is 1.89 bits per heavy atom. The Bertz CT molecular complexity index is 262. The zero-order valence-corrected chi connectivity index (χ0v) is 11.8. The van der Waals surface area contributed by atoms with E-state index in [1.807, 2.05) is 0 Å². The highest BCUT2D eigenvalue weighted by Gasteiger charge is 2.44. The van der Waals surface area contributed by atoms with Crippen molar-refractivity contribution in [1.29, 1.82) is 0 Å². The van der Waals surface area contributed by atoms with Crippen LogP contribution in [0.4, 0.5) is 0 Å². The molecule has 1 saturated heterocycles. The molecule has 0 aromatic heterocycles. The van der Waals surface area contributed by atoms with Crippen molar-refractivity contribution < 1.29 is 9.47 Å². The number of rotatable bonds is 9. The molecule has 2 fully saturated rings. The van der Waals surface area contributed by atoms with E-state index >= 15 is 0 Å². The van der Waals surface area contributed by atoms with Crippen LogP contribution in [0.1, 0.15) is 64.7 Å². The van der Waals surface area contributed by atoms with Crippen molar-refractivity contribution in [3.63, 3.8) is 0 Å². The number of unbranched alkanes of at least 4 members (excludes halogenated alkanes) is 5. The summed E-state index contributed by atoms with van der Waals surface area (Å²) in [7, 11) is 0. The smallest absolute Gasteiger partial charge is 0.0920 e. The average molecular weight is 252 g/mol. The van der Waals surface area contributed by atoms with Gasteiger partial charge in [0.1, 0.15) is 0 Å². The number of epoxide rings is 1. The fourth-order valence-corrected chi connectivity index (χ4v) is 2.90. The molecule has 3 unspecified atom stereocenters. The van der Waals surface area contributed by atoms with Gasteiger partial charge in [0.25, 0.3) is 0 Å². The first-order valence-electron chi connectivity index (χ1n) is 7.78. The van der Waals surface area contributed by atoms with E-state index in [1.54, 1.807) is 0 Å². The molecule has 1 saturated carbocycles. The highest BCUT2D eigenvalue weighted by Crippen LogP contribution is 2.41. The lowest BCUT2D eigenvalue weighted by Crippen LogP contribution is -2.16. The Balaban J connectivity index is 1.47. The van der Waals surface area contributed by atoms with Gasteiger partial charge in [-0.3, -0.25) is 0 Å². The minimum absolute atomic E-state index is 0.526. The highest BCUT2D eigenvalue weighted by atomic mass is 16.6. The number of hydrogen-bond donors (Lipinski definition) is 0. The van der Waals surface area contributed by atoms with Crippen LogP contribution >= 0.6 is 0 Å². The molecule has 1 aliphatic carbocycles. The number of fused-ring (bicyclic) bond motifs is 1. The molecule has 0 N–H and O–H groups in total. The molecule has 2 nitrogen and oxygen atoms in total. The van der Waals surface area contributed by atoms with E-state index in [2.05, 4.69) is 13.5 Å². The van der Waals surface area contributed by atoms with Gasteiger partial charge in [0, 0.05) is 5.92 Å². The minimum Gasteiger partial charge on any atom is -0.498 e. The molecular weight excluding hydrogens is 224 g/mol. The summed E-state index contributed by atoms with van der Waals surface area (Å²) in [4.78, 5) is 0. The number of ether oxygens (including phenoxy) is 2. The van der Waals surface area contributed by atoms with Crippen molar-refractivity contribution in [1.82, 2.24) is 0 Å². The standard InChI is InChI=1S/C16H28O2/c1-3-4-5-6-7-8-11-17-13(2)14-9-10-15-16(12-14)18-15/h14-16H,2-12H2,1H3. The first kappa shape index (κ1) is 13.9. The second kappa shape index (κ2) is 7.18. The largest absolute Gasteiger partial charge is 0.498 e. The van der Waals surface area contributed by atoms with E-state index in [0.29, 0.717) is 18.1 Å². The third-order valence-corrected chi connectivity index (χ3v) is 4.24. The first-order valence-corrected chi connectivity index (χ1v) is 7.78. The van der Waals surface area contributed by atoms with Crippen molar-refractivity contribution in [2.75, 3.05) is 6.61 Å². The normalized spacial score (nSPS) is 29.7. The molecule has 0 aromatic rings. The summed E-state index contributed by atoms with van der Waals surface area (Å²) in [5.41, 5.74) is 0. The maximum absolute atomic E-state index is 5.80. The zero-order chi connectivity index (χ0) is 12.8. The quantitative estimate of drug-likeness (QED) is 0.344. The Morgan fingerprint density at radius 1 is 1.11 bits per heavy atom. The number of allylic oxidation sites excluding steroid dienone is 1. The fourth-order valence-electron chi connectivity index (χ4n) is 2.90. The molecule has 104 valence electrons. The SMILES string of the molecule is C=C(OCCCCCCCC)C1CCC2OC2C1. The van der Waals surface area contributed by atoms with Crippen molar-refractivity contribution in [2.45, 2.75) is 76.9 Å². The Kier molecular flexibility index (Phi) is 5.55. The van der Waals surface area contributed by atoms with E-state index in [-0.39, 0.29) is 0 Å². The third-order valence-electron chi connectivity index (χ3n) is 4.24. The van der Waals surface area contributed by atoms with Crippen LogP contribution in [0, 0.1) is 5.92 Å². The summed E-state index contributed by atoms with van der Waals surface area (Å²) >= 11 is 0. The topological polar surface area (TPSA) is 21.8 Å². The van der Waals surface area contributed by atoms with Gasteiger partial charge in [-0.25, -0.2) is 0 Å². The van der Waals surface area contributed by atoms with Crippen molar-refractivity contribution in [2.24, 2.45) is 5.92 Å². The lowest BCUT2D eigenvalue weighted by Gasteiger charge is -2.21. The molecule has 2 rings (SSSR count). The molecule has 0 aromatic carbocycles. The van der Waals surface area contributed by atoms with Gasteiger partial charge in [0.05, 0.1) is 24.6 Å². The lowest BCUT2D eigenvalue weighted by atomic mass is 9.88. The van der Waals surface area contributed by atoms with E-state index in [9.17, 15) is 0 Å². The summed E-state index contributed by atoms with van der Waals surface area (Å²) in [6.45, 7) is 7.21. The van der Waals surface area contributed by atoms with Gasteiger partial charge in [-0.1, -0.05) is 45.6 Å². The Hall–Kier alpha value is -0.500. The van der Waals surface area contributed by atoms with Gasteiger partial charge < -0.3 is 9.47 Å². The minimum atomic E-state index is 0.526. The molecule has 0 amide bonds. The monoisotopic (exact) mass is 252 g/mol. The van der Waals surface area contributed by atoms with Gasteiger partial charge >= 0.3 is 0 Å². The molecule has 3 atom stereocenters. The van der Waals surface area contributed by atoms with E-state index < -0.39 is 0 Å². The van der Waals surface area contributed by atoms with Gasteiger partial charge in [-0.05, 0) is 25.7 Å². The van der Waals surface area contributed by atoms with Crippen molar-refractivity contribution in [3.8, 4) is 0 Å². The van der Waals surface area contributed by atoms with Gasteiger partial charge in [0.15, 0.2) is 0 Å². The molecule has 0 bridgehead atoms. The van der Waals surface area contributed by atoms with Crippen LogP contribution in [0.2, 0.25) is 0 Å². The molecular formula is C16H28O2. The fraction of sp³-hybridized carbons (Fsp3) is 0.875. The molecule has 1 aliphatic heterocycles. The predicted molar refractivity (Wildman–Crippen MR) is 74.5 cm³/mol. The summed E-state index contributed by atoms with van der Waals surface area (Å²) in [6, 6.07) is 0. The maximum Gasteiger partial charge on any atom is 0.0920 e. The van der Waals surface area contributed by atoms with Gasteiger partial charge in [0.2, 0.25) is 0 Å². The zero-order valence-electron chi connectivity index (χ0n) is 11.8. The highest BCUT2D eigenvalue weighted by molar-refractivity contribution is 5.01. The Labute approximate surface area is 112 Å². The molecule has 18 heavy (non-hydrogen) atoms. The summed E-state index contributed by atoms with van der Waals surface area (Å²) in [6.07, 6.45) is 12.5. The van der Waals surface area contributed by atoms with Crippen LogP contribution in [0.5, 0.6) is 0 Å². The van der Waals surface area contributed by atoms with E-state index in [0.717, 1.165) is 18.8 Å². The average Bonchev–Trinajstić information content (AvgIpc) is 3.15. The second-order valence-corrected chi connectivity index (χ2v) is 5.81.